The molecule has 138 valence electrons. The zero-order valence-corrected chi connectivity index (χ0v) is 16.7. The van der Waals surface area contributed by atoms with Crippen molar-refractivity contribution in [3.8, 4) is 0 Å². The van der Waals surface area contributed by atoms with E-state index in [-0.39, 0.29) is 11.9 Å². The smallest absolute Gasteiger partial charge is 0.241 e. The summed E-state index contributed by atoms with van der Waals surface area (Å²) in [5, 5.41) is 4.46. The number of amides is 1. The van der Waals surface area contributed by atoms with Gasteiger partial charge in [-0.15, -0.1) is 0 Å². The van der Waals surface area contributed by atoms with Crippen molar-refractivity contribution in [1.82, 2.24) is 4.90 Å². The molecule has 0 saturated carbocycles. The molecule has 1 heterocycles. The molecule has 1 fully saturated rings. The van der Waals surface area contributed by atoms with Gasteiger partial charge in [0.2, 0.25) is 5.91 Å². The normalized spacial score (nSPS) is 16.4. The Morgan fingerprint density at radius 1 is 0.923 bits per heavy atom. The number of carbonyl (C=O) groups is 1. The van der Waals surface area contributed by atoms with E-state index in [9.17, 15) is 4.79 Å². The average Bonchev–Trinajstić information content (AvgIpc) is 2.65. The van der Waals surface area contributed by atoms with Crippen LogP contribution in [0.3, 0.4) is 0 Å². The number of piperazine rings is 1. The summed E-state index contributed by atoms with van der Waals surface area (Å²) in [6, 6.07) is 12.7. The second-order valence-corrected chi connectivity index (χ2v) is 7.46. The molecule has 0 bridgehead atoms. The Bertz CT molecular complexity index is 771. The highest BCUT2D eigenvalue weighted by Crippen LogP contribution is 2.30. The van der Waals surface area contributed by atoms with Crippen LogP contribution in [0.4, 0.5) is 11.4 Å². The summed E-state index contributed by atoms with van der Waals surface area (Å²) in [5.74, 6) is -0.119. The maximum Gasteiger partial charge on any atom is 0.241 e. The van der Waals surface area contributed by atoms with E-state index in [0.29, 0.717) is 15.7 Å². The van der Waals surface area contributed by atoms with Gasteiger partial charge < -0.3 is 10.2 Å². The Morgan fingerprint density at radius 3 is 2.12 bits per heavy atom. The first kappa shape index (κ1) is 19.3. The minimum absolute atomic E-state index is 0.119. The van der Waals surface area contributed by atoms with Gasteiger partial charge in [0.05, 0.1) is 32.5 Å². The van der Waals surface area contributed by atoms with E-state index in [1.165, 1.54) is 0 Å². The maximum absolute atomic E-state index is 12.6. The van der Waals surface area contributed by atoms with Crippen LogP contribution in [0.2, 0.25) is 15.1 Å². The van der Waals surface area contributed by atoms with Crippen LogP contribution in [0.5, 0.6) is 0 Å². The molecule has 0 aliphatic carbocycles. The van der Waals surface area contributed by atoms with E-state index in [4.69, 9.17) is 34.8 Å². The zero-order valence-electron chi connectivity index (χ0n) is 14.4. The fraction of sp³-hybridized carbons (Fsp3) is 0.316. The summed E-state index contributed by atoms with van der Waals surface area (Å²) in [5.41, 5.74) is 1.50. The van der Waals surface area contributed by atoms with Gasteiger partial charge in [-0.05, 0) is 31.2 Å². The summed E-state index contributed by atoms with van der Waals surface area (Å²) in [4.78, 5) is 17.0. The van der Waals surface area contributed by atoms with E-state index in [2.05, 4.69) is 15.1 Å². The Hall–Kier alpha value is -1.46. The van der Waals surface area contributed by atoms with Gasteiger partial charge in [-0.25, -0.2) is 0 Å². The molecule has 26 heavy (non-hydrogen) atoms. The second-order valence-electron chi connectivity index (χ2n) is 6.24. The van der Waals surface area contributed by atoms with Crippen LogP contribution < -0.4 is 10.2 Å². The van der Waals surface area contributed by atoms with Crippen molar-refractivity contribution in [2.75, 3.05) is 36.4 Å². The van der Waals surface area contributed by atoms with Crippen molar-refractivity contribution >= 4 is 52.1 Å². The summed E-state index contributed by atoms with van der Waals surface area (Å²) in [7, 11) is 0. The molecule has 4 nitrogen and oxygen atoms in total. The predicted molar refractivity (Wildman–Crippen MR) is 110 cm³/mol. The van der Waals surface area contributed by atoms with Gasteiger partial charge in [-0.2, -0.15) is 0 Å². The standard InChI is InChI=1S/C19H20Cl3N3O/c1-13(19(26)23-18-15(21)6-4-7-16(18)22)24-9-11-25(12-10-24)17-8-3-2-5-14(17)20/h2-8,13H,9-12H2,1H3,(H,23,26)/t13-/m1/s1. The van der Waals surface area contributed by atoms with Crippen molar-refractivity contribution in [3.05, 3.63) is 57.5 Å². The summed E-state index contributed by atoms with van der Waals surface area (Å²) >= 11 is 18.6. The lowest BCUT2D eigenvalue weighted by molar-refractivity contribution is -0.120. The fourth-order valence-electron chi connectivity index (χ4n) is 3.07. The highest BCUT2D eigenvalue weighted by atomic mass is 35.5. The number of nitrogens with one attached hydrogen (secondary N) is 1. The van der Waals surface area contributed by atoms with Crippen LogP contribution >= 0.6 is 34.8 Å². The van der Waals surface area contributed by atoms with E-state index in [0.717, 1.165) is 36.9 Å². The van der Waals surface area contributed by atoms with Crippen molar-refractivity contribution in [1.29, 1.82) is 0 Å². The van der Waals surface area contributed by atoms with Gasteiger partial charge in [-0.3, -0.25) is 9.69 Å². The Kier molecular flexibility index (Phi) is 6.30. The van der Waals surface area contributed by atoms with Gasteiger partial charge >= 0.3 is 0 Å². The van der Waals surface area contributed by atoms with Crippen molar-refractivity contribution < 1.29 is 4.79 Å². The highest BCUT2D eigenvalue weighted by molar-refractivity contribution is 6.39. The van der Waals surface area contributed by atoms with E-state index >= 15 is 0 Å². The minimum Gasteiger partial charge on any atom is -0.368 e. The van der Waals surface area contributed by atoms with Crippen LogP contribution in [0, 0.1) is 0 Å². The molecule has 0 radical (unpaired) electrons. The first-order valence-corrected chi connectivity index (χ1v) is 9.59. The lowest BCUT2D eigenvalue weighted by atomic mass is 10.2. The van der Waals surface area contributed by atoms with E-state index < -0.39 is 0 Å². The van der Waals surface area contributed by atoms with Gasteiger partial charge in [-0.1, -0.05) is 53.0 Å². The first-order chi connectivity index (χ1) is 12.5. The fourth-order valence-corrected chi connectivity index (χ4v) is 3.82. The first-order valence-electron chi connectivity index (χ1n) is 8.46. The third-order valence-corrected chi connectivity index (χ3v) is 5.60. The van der Waals surface area contributed by atoms with Crippen molar-refractivity contribution in [3.63, 3.8) is 0 Å². The molecule has 0 aromatic heterocycles. The Balaban J connectivity index is 1.60. The predicted octanol–water partition coefficient (Wildman–Crippen LogP) is 4.80. The largest absolute Gasteiger partial charge is 0.368 e. The van der Waals surface area contributed by atoms with Gasteiger partial charge in [0.25, 0.3) is 0 Å². The van der Waals surface area contributed by atoms with Crippen LogP contribution in [0.15, 0.2) is 42.5 Å². The third kappa shape index (κ3) is 4.26. The van der Waals surface area contributed by atoms with Gasteiger partial charge in [0, 0.05) is 26.2 Å². The molecule has 3 rings (SSSR count). The second kappa shape index (κ2) is 8.49. The van der Waals surface area contributed by atoms with Gasteiger partial charge in [0.15, 0.2) is 0 Å². The SMILES string of the molecule is C[C@H](C(=O)Nc1c(Cl)cccc1Cl)N1CCN(c2ccccc2Cl)CC1. The van der Waals surface area contributed by atoms with Crippen LogP contribution in [0.1, 0.15) is 6.92 Å². The van der Waals surface area contributed by atoms with E-state index in [1.807, 2.05) is 31.2 Å². The number of anilines is 2. The number of nitrogens with zero attached hydrogens (tertiary/aromatic N) is 2. The summed E-state index contributed by atoms with van der Waals surface area (Å²) in [6.07, 6.45) is 0. The molecule has 1 saturated heterocycles. The van der Waals surface area contributed by atoms with Crippen LogP contribution in [-0.2, 0) is 4.79 Å². The highest BCUT2D eigenvalue weighted by Gasteiger charge is 2.27. The average molecular weight is 413 g/mol. The Morgan fingerprint density at radius 2 is 1.50 bits per heavy atom. The monoisotopic (exact) mass is 411 g/mol. The van der Waals surface area contributed by atoms with Crippen molar-refractivity contribution in [2.24, 2.45) is 0 Å². The molecule has 0 spiro atoms. The van der Waals surface area contributed by atoms with Gasteiger partial charge in [0.1, 0.15) is 0 Å². The number of rotatable bonds is 4. The molecule has 2 aromatic rings. The van der Waals surface area contributed by atoms with Crippen molar-refractivity contribution in [2.45, 2.75) is 13.0 Å². The summed E-state index contributed by atoms with van der Waals surface area (Å²) in [6.45, 7) is 5.07. The number of carbonyl (C=O) groups excluding carboxylic acids is 1. The summed E-state index contributed by atoms with van der Waals surface area (Å²) < 4.78 is 0. The molecular formula is C19H20Cl3N3O. The van der Waals surface area contributed by atoms with E-state index in [1.54, 1.807) is 18.2 Å². The third-order valence-electron chi connectivity index (χ3n) is 4.65. The molecule has 1 aliphatic heterocycles. The zero-order chi connectivity index (χ0) is 18.7. The quantitative estimate of drug-likeness (QED) is 0.784. The molecular weight excluding hydrogens is 393 g/mol. The Labute approximate surface area is 168 Å². The number of benzene rings is 2. The molecule has 1 amide bonds. The number of para-hydroxylation sites is 2. The molecule has 2 aromatic carbocycles. The molecule has 1 atom stereocenters. The molecule has 1 aliphatic rings. The maximum atomic E-state index is 12.6. The van der Waals surface area contributed by atoms with Crippen LogP contribution in [0.25, 0.3) is 0 Å². The molecule has 0 unspecified atom stereocenters. The molecule has 1 N–H and O–H groups in total. The lowest BCUT2D eigenvalue weighted by Crippen LogP contribution is -2.52. The number of hydrogen-bond donors (Lipinski definition) is 1. The van der Waals surface area contributed by atoms with Crippen LogP contribution in [-0.4, -0.2) is 43.0 Å². The minimum atomic E-state index is -0.282. The molecule has 7 heteroatoms. The number of halogens is 3. The lowest BCUT2D eigenvalue weighted by Gasteiger charge is -2.38. The number of hydrogen-bond acceptors (Lipinski definition) is 3. The topological polar surface area (TPSA) is 35.6 Å².